The highest BCUT2D eigenvalue weighted by Crippen LogP contribution is 2.38. The molecule has 6 nitrogen and oxygen atoms in total. The molecule has 1 N–H and O–H groups in total. The summed E-state index contributed by atoms with van der Waals surface area (Å²) >= 11 is 1.62. The molecular formula is C16H16N4O2S. The fourth-order valence-electron chi connectivity index (χ4n) is 3.34. The number of rotatable bonds is 3. The molecule has 23 heavy (non-hydrogen) atoms. The van der Waals surface area contributed by atoms with Gasteiger partial charge in [0.25, 0.3) is 0 Å². The van der Waals surface area contributed by atoms with E-state index in [2.05, 4.69) is 20.2 Å². The van der Waals surface area contributed by atoms with Crippen LogP contribution in [-0.2, 0) is 16.1 Å². The number of imide groups is 1. The zero-order valence-electron chi connectivity index (χ0n) is 12.5. The summed E-state index contributed by atoms with van der Waals surface area (Å²) in [4.78, 5) is 35.5. The van der Waals surface area contributed by atoms with Gasteiger partial charge in [-0.1, -0.05) is 6.07 Å². The third-order valence-corrected chi connectivity index (χ3v) is 5.39. The Hall–Kier alpha value is -2.12. The molecule has 0 aliphatic carbocycles. The van der Waals surface area contributed by atoms with Gasteiger partial charge in [0, 0.05) is 37.5 Å². The summed E-state index contributed by atoms with van der Waals surface area (Å²) in [6, 6.07) is 3.98. The lowest BCUT2D eigenvalue weighted by Gasteiger charge is -2.20. The van der Waals surface area contributed by atoms with Crippen LogP contribution in [0.25, 0.3) is 10.7 Å². The Balaban J connectivity index is 1.43. The minimum absolute atomic E-state index is 0.116. The molecule has 4 heterocycles. The van der Waals surface area contributed by atoms with Crippen LogP contribution < -0.4 is 5.32 Å². The van der Waals surface area contributed by atoms with Gasteiger partial charge in [0.2, 0.25) is 11.8 Å². The molecule has 0 saturated carbocycles. The highest BCUT2D eigenvalue weighted by Gasteiger charge is 2.50. The molecular weight excluding hydrogens is 312 g/mol. The maximum Gasteiger partial charge on any atom is 0.234 e. The first kappa shape index (κ1) is 14.5. The predicted octanol–water partition coefficient (Wildman–Crippen LogP) is 1.44. The van der Waals surface area contributed by atoms with Gasteiger partial charge in [-0.2, -0.15) is 0 Å². The van der Waals surface area contributed by atoms with Gasteiger partial charge in [-0.3, -0.25) is 19.8 Å². The van der Waals surface area contributed by atoms with E-state index >= 15 is 0 Å². The molecule has 1 spiro atoms. The number of thiophene rings is 1. The molecule has 2 aliphatic rings. The quantitative estimate of drug-likeness (QED) is 0.863. The average Bonchev–Trinajstić information content (AvgIpc) is 3.23. The molecule has 2 fully saturated rings. The Morgan fingerprint density at radius 2 is 2.13 bits per heavy atom. The Kier molecular flexibility index (Phi) is 3.46. The van der Waals surface area contributed by atoms with Crippen molar-refractivity contribution in [3.05, 3.63) is 35.5 Å². The first-order valence-electron chi connectivity index (χ1n) is 7.56. The summed E-state index contributed by atoms with van der Waals surface area (Å²) in [5.41, 5.74) is 0.501. The number of aromatic nitrogens is 2. The summed E-state index contributed by atoms with van der Waals surface area (Å²) < 4.78 is 0. The second kappa shape index (κ2) is 5.50. The van der Waals surface area contributed by atoms with Gasteiger partial charge in [0.1, 0.15) is 0 Å². The molecule has 2 saturated heterocycles. The Bertz CT molecular complexity index is 744. The van der Waals surface area contributed by atoms with Crippen molar-refractivity contribution in [2.24, 2.45) is 5.41 Å². The molecule has 2 aliphatic heterocycles. The summed E-state index contributed by atoms with van der Waals surface area (Å²) in [7, 11) is 0. The van der Waals surface area contributed by atoms with Crippen molar-refractivity contribution in [2.75, 3.05) is 13.1 Å². The fourth-order valence-corrected chi connectivity index (χ4v) is 4.01. The highest BCUT2D eigenvalue weighted by molar-refractivity contribution is 7.13. The maximum absolute atomic E-state index is 12.0. The SMILES string of the molecule is O=C1CC2(CCN(Cc3cnc(-c4cccs4)nc3)C2)C(=O)N1. The van der Waals surface area contributed by atoms with E-state index in [1.54, 1.807) is 11.3 Å². The number of likely N-dealkylation sites (tertiary alicyclic amines) is 1. The van der Waals surface area contributed by atoms with Gasteiger partial charge in [0.05, 0.1) is 10.3 Å². The van der Waals surface area contributed by atoms with Crippen molar-refractivity contribution < 1.29 is 9.59 Å². The van der Waals surface area contributed by atoms with Crippen molar-refractivity contribution in [2.45, 2.75) is 19.4 Å². The second-order valence-electron chi connectivity index (χ2n) is 6.19. The average molecular weight is 328 g/mol. The predicted molar refractivity (Wildman–Crippen MR) is 85.4 cm³/mol. The number of carbonyl (C=O) groups excluding carboxylic acids is 2. The van der Waals surface area contributed by atoms with Gasteiger partial charge in [0.15, 0.2) is 5.82 Å². The van der Waals surface area contributed by atoms with Crippen molar-refractivity contribution in [3.8, 4) is 10.7 Å². The molecule has 2 amide bonds. The van der Waals surface area contributed by atoms with Crippen LogP contribution in [0.3, 0.4) is 0 Å². The largest absolute Gasteiger partial charge is 0.298 e. The van der Waals surface area contributed by atoms with Gasteiger partial charge < -0.3 is 0 Å². The van der Waals surface area contributed by atoms with Crippen LogP contribution in [0.5, 0.6) is 0 Å². The molecule has 2 aromatic heterocycles. The van der Waals surface area contributed by atoms with Crippen molar-refractivity contribution >= 4 is 23.2 Å². The van der Waals surface area contributed by atoms with Crippen LogP contribution in [-0.4, -0.2) is 39.8 Å². The summed E-state index contributed by atoms with van der Waals surface area (Å²) in [6.07, 6.45) is 4.73. The zero-order valence-corrected chi connectivity index (χ0v) is 13.3. The van der Waals surface area contributed by atoms with E-state index in [1.165, 1.54) is 0 Å². The van der Waals surface area contributed by atoms with E-state index in [-0.39, 0.29) is 11.8 Å². The van der Waals surface area contributed by atoms with Crippen LogP contribution in [0, 0.1) is 5.41 Å². The number of hydrogen-bond acceptors (Lipinski definition) is 6. The van der Waals surface area contributed by atoms with Gasteiger partial charge in [-0.05, 0) is 24.4 Å². The first-order chi connectivity index (χ1) is 11.1. The molecule has 118 valence electrons. The number of nitrogens with zero attached hydrogens (tertiary/aromatic N) is 3. The van der Waals surface area contributed by atoms with Crippen LogP contribution in [0.4, 0.5) is 0 Å². The molecule has 2 aromatic rings. The highest BCUT2D eigenvalue weighted by atomic mass is 32.1. The molecule has 0 radical (unpaired) electrons. The monoisotopic (exact) mass is 328 g/mol. The fraction of sp³-hybridized carbons (Fsp3) is 0.375. The van der Waals surface area contributed by atoms with E-state index in [1.807, 2.05) is 29.9 Å². The molecule has 0 aromatic carbocycles. The molecule has 0 bridgehead atoms. The first-order valence-corrected chi connectivity index (χ1v) is 8.44. The summed E-state index contributed by atoms with van der Waals surface area (Å²) in [5.74, 6) is 0.470. The van der Waals surface area contributed by atoms with Crippen molar-refractivity contribution in [1.82, 2.24) is 20.2 Å². The number of nitrogens with one attached hydrogen (secondary N) is 1. The van der Waals surface area contributed by atoms with Gasteiger partial charge in [-0.25, -0.2) is 9.97 Å². The third kappa shape index (κ3) is 2.66. The van der Waals surface area contributed by atoms with Crippen LogP contribution in [0.15, 0.2) is 29.9 Å². The van der Waals surface area contributed by atoms with E-state index < -0.39 is 5.41 Å². The Morgan fingerprint density at radius 1 is 1.30 bits per heavy atom. The lowest BCUT2D eigenvalue weighted by atomic mass is 9.85. The molecule has 7 heteroatoms. The van der Waals surface area contributed by atoms with E-state index in [9.17, 15) is 9.59 Å². The van der Waals surface area contributed by atoms with Crippen LogP contribution >= 0.6 is 11.3 Å². The van der Waals surface area contributed by atoms with Crippen LogP contribution in [0.1, 0.15) is 18.4 Å². The molecule has 1 unspecified atom stereocenters. The summed E-state index contributed by atoms with van der Waals surface area (Å²) in [5, 5.41) is 4.43. The van der Waals surface area contributed by atoms with Crippen LogP contribution in [0.2, 0.25) is 0 Å². The lowest BCUT2D eigenvalue weighted by molar-refractivity contribution is -0.128. The maximum atomic E-state index is 12.0. The van der Waals surface area contributed by atoms with E-state index in [4.69, 9.17) is 0 Å². The second-order valence-corrected chi connectivity index (χ2v) is 7.13. The number of hydrogen-bond donors (Lipinski definition) is 1. The third-order valence-electron chi connectivity index (χ3n) is 4.52. The lowest BCUT2D eigenvalue weighted by Crippen LogP contribution is -2.34. The molecule has 4 rings (SSSR count). The number of carbonyl (C=O) groups is 2. The van der Waals surface area contributed by atoms with Crippen molar-refractivity contribution in [1.29, 1.82) is 0 Å². The van der Waals surface area contributed by atoms with Gasteiger partial charge in [-0.15, -0.1) is 11.3 Å². The topological polar surface area (TPSA) is 75.2 Å². The van der Waals surface area contributed by atoms with E-state index in [0.717, 1.165) is 29.2 Å². The zero-order chi connectivity index (χ0) is 15.9. The Morgan fingerprint density at radius 3 is 2.78 bits per heavy atom. The van der Waals surface area contributed by atoms with E-state index in [0.29, 0.717) is 19.5 Å². The standard InChI is InChI=1S/C16H16N4O2S/c21-13-6-16(15(22)19-13)3-4-20(10-16)9-11-7-17-14(18-8-11)12-2-1-5-23-12/h1-2,5,7-8H,3-4,6,9-10H2,(H,19,21,22). The minimum Gasteiger partial charge on any atom is -0.298 e. The smallest absolute Gasteiger partial charge is 0.234 e. The Labute approximate surface area is 137 Å². The normalized spacial score (nSPS) is 24.5. The minimum atomic E-state index is -0.519. The summed E-state index contributed by atoms with van der Waals surface area (Å²) in [6.45, 7) is 2.14. The van der Waals surface area contributed by atoms with Gasteiger partial charge >= 0.3 is 0 Å². The number of amides is 2. The molecule has 1 atom stereocenters. The van der Waals surface area contributed by atoms with Crippen molar-refractivity contribution in [3.63, 3.8) is 0 Å².